The summed E-state index contributed by atoms with van der Waals surface area (Å²) in [6.07, 6.45) is 0.809. The van der Waals surface area contributed by atoms with Crippen molar-refractivity contribution in [3.8, 4) is 11.5 Å². The van der Waals surface area contributed by atoms with Crippen LogP contribution in [0.5, 0.6) is 11.5 Å². The second-order valence-electron chi connectivity index (χ2n) is 3.89. The summed E-state index contributed by atoms with van der Waals surface area (Å²) in [4.78, 5) is 0. The number of methoxy groups -OCH3 is 2. The van der Waals surface area contributed by atoms with E-state index in [1.807, 2.05) is 18.2 Å². The number of rotatable bonds is 10. The van der Waals surface area contributed by atoms with Gasteiger partial charge in [0, 0.05) is 25.7 Å². The fourth-order valence-corrected chi connectivity index (χ4v) is 1.78. The molecule has 0 bridgehead atoms. The standard InChI is InChI=1S/C14H21ClO4/c1-16-9-10-18-7-4-8-19-14-12(11-15)5-3-6-13(14)17-2/h3,5-6H,4,7-11H2,1-2H3. The van der Waals surface area contributed by atoms with Crippen molar-refractivity contribution in [2.75, 3.05) is 40.6 Å². The van der Waals surface area contributed by atoms with Gasteiger partial charge in [0.1, 0.15) is 0 Å². The van der Waals surface area contributed by atoms with Crippen molar-refractivity contribution < 1.29 is 18.9 Å². The third kappa shape index (κ3) is 5.68. The Labute approximate surface area is 119 Å². The average Bonchev–Trinajstić information content (AvgIpc) is 2.46. The summed E-state index contributed by atoms with van der Waals surface area (Å²) in [5.74, 6) is 1.83. The van der Waals surface area contributed by atoms with Crippen LogP contribution >= 0.6 is 11.6 Å². The fourth-order valence-electron chi connectivity index (χ4n) is 1.57. The topological polar surface area (TPSA) is 36.9 Å². The molecule has 0 saturated heterocycles. The van der Waals surface area contributed by atoms with Crippen molar-refractivity contribution >= 4 is 11.6 Å². The maximum absolute atomic E-state index is 5.88. The molecule has 0 atom stereocenters. The van der Waals surface area contributed by atoms with Crippen LogP contribution in [0.4, 0.5) is 0 Å². The van der Waals surface area contributed by atoms with Crippen molar-refractivity contribution in [3.63, 3.8) is 0 Å². The summed E-state index contributed by atoms with van der Waals surface area (Å²) in [6.45, 7) is 2.44. The Morgan fingerprint density at radius 3 is 2.58 bits per heavy atom. The van der Waals surface area contributed by atoms with E-state index < -0.39 is 0 Å². The maximum Gasteiger partial charge on any atom is 0.165 e. The number of ether oxygens (including phenoxy) is 4. The summed E-state index contributed by atoms with van der Waals surface area (Å²) >= 11 is 5.88. The average molecular weight is 289 g/mol. The van der Waals surface area contributed by atoms with Gasteiger partial charge in [0.2, 0.25) is 0 Å². The van der Waals surface area contributed by atoms with E-state index in [-0.39, 0.29) is 0 Å². The summed E-state index contributed by atoms with van der Waals surface area (Å²) in [5.41, 5.74) is 0.932. The summed E-state index contributed by atoms with van der Waals surface area (Å²) in [5, 5.41) is 0. The van der Waals surface area contributed by atoms with E-state index in [0.717, 1.165) is 17.7 Å². The van der Waals surface area contributed by atoms with Crippen LogP contribution in [-0.2, 0) is 15.4 Å². The molecule has 0 aliphatic carbocycles. The Balaban J connectivity index is 2.35. The largest absolute Gasteiger partial charge is 0.493 e. The van der Waals surface area contributed by atoms with Crippen LogP contribution in [0.1, 0.15) is 12.0 Å². The molecular formula is C14H21ClO4. The zero-order valence-electron chi connectivity index (χ0n) is 11.5. The quantitative estimate of drug-likeness (QED) is 0.490. The molecule has 0 saturated carbocycles. The first-order valence-electron chi connectivity index (χ1n) is 6.24. The van der Waals surface area contributed by atoms with Crippen LogP contribution in [0, 0.1) is 0 Å². The lowest BCUT2D eigenvalue weighted by molar-refractivity contribution is 0.0642. The lowest BCUT2D eigenvalue weighted by Crippen LogP contribution is -2.08. The zero-order chi connectivity index (χ0) is 13.9. The summed E-state index contributed by atoms with van der Waals surface area (Å²) in [6, 6.07) is 5.69. The maximum atomic E-state index is 5.88. The van der Waals surface area contributed by atoms with E-state index in [1.54, 1.807) is 14.2 Å². The molecule has 19 heavy (non-hydrogen) atoms. The molecule has 0 heterocycles. The molecule has 0 amide bonds. The molecule has 0 spiro atoms. The van der Waals surface area contributed by atoms with Crippen molar-refractivity contribution in [1.29, 1.82) is 0 Å². The third-order valence-electron chi connectivity index (χ3n) is 2.54. The fraction of sp³-hybridized carbons (Fsp3) is 0.571. The highest BCUT2D eigenvalue weighted by molar-refractivity contribution is 6.17. The lowest BCUT2D eigenvalue weighted by atomic mass is 10.2. The summed E-state index contributed by atoms with van der Waals surface area (Å²) < 4.78 is 21.3. The smallest absolute Gasteiger partial charge is 0.165 e. The number of hydrogen-bond donors (Lipinski definition) is 0. The first kappa shape index (κ1) is 16.1. The van der Waals surface area contributed by atoms with Crippen molar-refractivity contribution in [2.24, 2.45) is 0 Å². The second-order valence-corrected chi connectivity index (χ2v) is 4.16. The molecule has 0 fully saturated rings. The van der Waals surface area contributed by atoms with Gasteiger partial charge in [-0.15, -0.1) is 11.6 Å². The normalized spacial score (nSPS) is 10.5. The van der Waals surface area contributed by atoms with Gasteiger partial charge >= 0.3 is 0 Å². The van der Waals surface area contributed by atoms with Gasteiger partial charge in [-0.3, -0.25) is 0 Å². The number of alkyl halides is 1. The minimum Gasteiger partial charge on any atom is -0.493 e. The molecule has 0 aromatic heterocycles. The molecule has 1 aromatic carbocycles. The Kier molecular flexibility index (Phi) is 8.38. The number of para-hydroxylation sites is 1. The van der Waals surface area contributed by atoms with E-state index in [1.165, 1.54) is 0 Å². The highest BCUT2D eigenvalue weighted by atomic mass is 35.5. The first-order chi connectivity index (χ1) is 9.33. The molecule has 4 nitrogen and oxygen atoms in total. The van der Waals surface area contributed by atoms with E-state index >= 15 is 0 Å². The molecule has 1 aromatic rings. The SMILES string of the molecule is COCCOCCCOc1c(CCl)cccc1OC. The van der Waals surface area contributed by atoms with Gasteiger partial charge in [-0.05, 0) is 6.07 Å². The Hall–Kier alpha value is -0.970. The number of hydrogen-bond acceptors (Lipinski definition) is 4. The molecule has 0 aliphatic rings. The zero-order valence-corrected chi connectivity index (χ0v) is 12.2. The minimum absolute atomic E-state index is 0.400. The van der Waals surface area contributed by atoms with Crippen LogP contribution in [0.3, 0.4) is 0 Å². The van der Waals surface area contributed by atoms with Gasteiger partial charge in [-0.2, -0.15) is 0 Å². The highest BCUT2D eigenvalue weighted by Crippen LogP contribution is 2.32. The predicted octanol–water partition coefficient (Wildman–Crippen LogP) is 2.87. The second kappa shape index (κ2) is 9.89. The van der Waals surface area contributed by atoms with Crippen molar-refractivity contribution in [2.45, 2.75) is 12.3 Å². The van der Waals surface area contributed by atoms with Gasteiger partial charge in [-0.25, -0.2) is 0 Å². The minimum atomic E-state index is 0.400. The Morgan fingerprint density at radius 2 is 1.89 bits per heavy atom. The van der Waals surface area contributed by atoms with Gasteiger partial charge in [0.05, 0.1) is 32.8 Å². The molecule has 0 N–H and O–H groups in total. The van der Waals surface area contributed by atoms with Gasteiger partial charge in [-0.1, -0.05) is 12.1 Å². The molecule has 1 rings (SSSR count). The van der Waals surface area contributed by atoms with Crippen LogP contribution in [0.15, 0.2) is 18.2 Å². The lowest BCUT2D eigenvalue weighted by Gasteiger charge is -2.13. The van der Waals surface area contributed by atoms with E-state index in [2.05, 4.69) is 0 Å². The number of halogens is 1. The Bertz CT molecular complexity index is 335. The summed E-state index contributed by atoms with van der Waals surface area (Å²) in [7, 11) is 3.27. The predicted molar refractivity (Wildman–Crippen MR) is 75.4 cm³/mol. The Morgan fingerprint density at radius 1 is 1.05 bits per heavy atom. The van der Waals surface area contributed by atoms with E-state index in [4.69, 9.17) is 30.5 Å². The van der Waals surface area contributed by atoms with Crippen LogP contribution in [0.2, 0.25) is 0 Å². The highest BCUT2D eigenvalue weighted by Gasteiger charge is 2.09. The molecule has 0 unspecified atom stereocenters. The van der Waals surface area contributed by atoms with Crippen LogP contribution in [-0.4, -0.2) is 40.6 Å². The molecular weight excluding hydrogens is 268 g/mol. The van der Waals surface area contributed by atoms with Crippen molar-refractivity contribution in [1.82, 2.24) is 0 Å². The molecule has 108 valence electrons. The third-order valence-corrected chi connectivity index (χ3v) is 2.82. The molecule has 0 aliphatic heterocycles. The number of benzene rings is 1. The molecule has 5 heteroatoms. The first-order valence-corrected chi connectivity index (χ1v) is 6.78. The van der Waals surface area contributed by atoms with Gasteiger partial charge in [0.15, 0.2) is 11.5 Å². The molecule has 0 radical (unpaired) electrons. The van der Waals surface area contributed by atoms with Crippen molar-refractivity contribution in [3.05, 3.63) is 23.8 Å². The van der Waals surface area contributed by atoms with Crippen LogP contribution < -0.4 is 9.47 Å². The monoisotopic (exact) mass is 288 g/mol. The van der Waals surface area contributed by atoms with Gasteiger partial charge in [0.25, 0.3) is 0 Å². The van der Waals surface area contributed by atoms with Crippen LogP contribution in [0.25, 0.3) is 0 Å². The van der Waals surface area contributed by atoms with Gasteiger partial charge < -0.3 is 18.9 Å². The van der Waals surface area contributed by atoms with E-state index in [0.29, 0.717) is 38.1 Å². The van der Waals surface area contributed by atoms with E-state index in [9.17, 15) is 0 Å².